The number of methoxy groups -OCH3 is 2. The summed E-state index contributed by atoms with van der Waals surface area (Å²) in [5, 5.41) is 0. The summed E-state index contributed by atoms with van der Waals surface area (Å²) in [6.45, 7) is 2.47. The molecule has 0 aliphatic carbocycles. The maximum Gasteiger partial charge on any atom is 0.270 e. The van der Waals surface area contributed by atoms with Gasteiger partial charge < -0.3 is 14.2 Å². The molecule has 0 N–H and O–H groups in total. The van der Waals surface area contributed by atoms with Crippen LogP contribution in [0.25, 0.3) is 6.08 Å². The molecule has 0 unspecified atom stereocenters. The number of carbonyl (C=O) groups excluding carboxylic acids is 1. The van der Waals surface area contributed by atoms with Crippen LogP contribution in [0.4, 0.5) is 5.69 Å². The number of ether oxygens (including phenoxy) is 3. The van der Waals surface area contributed by atoms with E-state index in [4.69, 9.17) is 26.4 Å². The smallest absolute Gasteiger partial charge is 0.270 e. The molecule has 1 saturated heterocycles. The molecule has 1 amide bonds. The number of nitrogens with zero attached hydrogens (tertiary/aromatic N) is 1. The SMILES string of the molecule is CCOc1ccc(C=C2SC(=S)N(c3ccc(OC)cc3)C2=O)cc1OC. The van der Waals surface area contributed by atoms with Gasteiger partial charge >= 0.3 is 0 Å². The van der Waals surface area contributed by atoms with Gasteiger partial charge in [0.25, 0.3) is 5.91 Å². The van der Waals surface area contributed by atoms with E-state index in [0.29, 0.717) is 33.0 Å². The molecule has 5 nitrogen and oxygen atoms in total. The first-order valence-electron chi connectivity index (χ1n) is 8.30. The number of anilines is 1. The molecule has 0 aromatic heterocycles. The van der Waals surface area contributed by atoms with E-state index in [2.05, 4.69) is 0 Å². The van der Waals surface area contributed by atoms with Crippen molar-refractivity contribution < 1.29 is 19.0 Å². The Balaban J connectivity index is 1.87. The van der Waals surface area contributed by atoms with Crippen LogP contribution in [-0.2, 0) is 4.79 Å². The minimum atomic E-state index is -0.150. The molecular formula is C20H19NO4S2. The molecule has 1 aliphatic heterocycles. The van der Waals surface area contributed by atoms with Crippen molar-refractivity contribution in [3.8, 4) is 17.2 Å². The second-order valence-electron chi connectivity index (χ2n) is 5.56. The summed E-state index contributed by atoms with van der Waals surface area (Å²) in [6.07, 6.45) is 1.81. The van der Waals surface area contributed by atoms with Crippen LogP contribution in [0, 0.1) is 0 Å². The number of hydrogen-bond acceptors (Lipinski definition) is 6. The molecule has 0 atom stereocenters. The molecule has 0 saturated carbocycles. The lowest BCUT2D eigenvalue weighted by molar-refractivity contribution is -0.113. The van der Waals surface area contributed by atoms with E-state index in [1.807, 2.05) is 37.3 Å². The van der Waals surface area contributed by atoms with E-state index >= 15 is 0 Å². The highest BCUT2D eigenvalue weighted by atomic mass is 32.2. The third kappa shape index (κ3) is 4.09. The molecule has 1 fully saturated rings. The first-order valence-corrected chi connectivity index (χ1v) is 9.52. The third-order valence-electron chi connectivity index (χ3n) is 3.91. The minimum Gasteiger partial charge on any atom is -0.497 e. The van der Waals surface area contributed by atoms with Crippen LogP contribution in [0.1, 0.15) is 12.5 Å². The Hall–Kier alpha value is -2.51. The highest BCUT2D eigenvalue weighted by Crippen LogP contribution is 2.37. The van der Waals surface area contributed by atoms with Gasteiger partial charge in [0, 0.05) is 0 Å². The van der Waals surface area contributed by atoms with Gasteiger partial charge in [-0.05, 0) is 55.0 Å². The Morgan fingerprint density at radius 1 is 1.07 bits per heavy atom. The second kappa shape index (κ2) is 8.45. The Bertz CT molecular complexity index is 893. The van der Waals surface area contributed by atoms with Crippen LogP contribution in [0.2, 0.25) is 0 Å². The van der Waals surface area contributed by atoms with Crippen molar-refractivity contribution in [1.82, 2.24) is 0 Å². The normalized spacial score (nSPS) is 15.4. The zero-order valence-corrected chi connectivity index (χ0v) is 16.9. The van der Waals surface area contributed by atoms with Crippen molar-refractivity contribution in [2.24, 2.45) is 0 Å². The van der Waals surface area contributed by atoms with Crippen LogP contribution < -0.4 is 19.1 Å². The predicted molar refractivity (Wildman–Crippen MR) is 113 cm³/mol. The fourth-order valence-electron chi connectivity index (χ4n) is 2.62. The molecule has 27 heavy (non-hydrogen) atoms. The number of thiocarbonyl (C=S) groups is 1. The quantitative estimate of drug-likeness (QED) is 0.524. The van der Waals surface area contributed by atoms with Gasteiger partial charge in [0.05, 0.1) is 31.4 Å². The summed E-state index contributed by atoms with van der Waals surface area (Å²) in [5.41, 5.74) is 1.55. The van der Waals surface area contributed by atoms with Crippen molar-refractivity contribution in [3.63, 3.8) is 0 Å². The molecule has 0 bridgehead atoms. The van der Waals surface area contributed by atoms with Gasteiger partial charge in [-0.3, -0.25) is 9.69 Å². The van der Waals surface area contributed by atoms with Crippen molar-refractivity contribution in [1.29, 1.82) is 0 Å². The van der Waals surface area contributed by atoms with Gasteiger partial charge in [-0.25, -0.2) is 0 Å². The average molecular weight is 402 g/mol. The summed E-state index contributed by atoms with van der Waals surface area (Å²) in [6, 6.07) is 12.8. The largest absolute Gasteiger partial charge is 0.497 e. The molecule has 3 rings (SSSR count). The lowest BCUT2D eigenvalue weighted by atomic mass is 10.2. The number of amides is 1. The monoisotopic (exact) mass is 401 g/mol. The van der Waals surface area contributed by atoms with Crippen LogP contribution in [-0.4, -0.2) is 31.1 Å². The van der Waals surface area contributed by atoms with E-state index in [1.165, 1.54) is 16.7 Å². The van der Waals surface area contributed by atoms with Crippen LogP contribution in [0.15, 0.2) is 47.4 Å². The van der Waals surface area contributed by atoms with E-state index in [-0.39, 0.29) is 5.91 Å². The summed E-state index contributed by atoms with van der Waals surface area (Å²) in [7, 11) is 3.19. The lowest BCUT2D eigenvalue weighted by Crippen LogP contribution is -2.27. The van der Waals surface area contributed by atoms with Gasteiger partial charge in [0.15, 0.2) is 15.8 Å². The highest BCUT2D eigenvalue weighted by Gasteiger charge is 2.33. The number of thioether (sulfide) groups is 1. The molecule has 7 heteroatoms. The van der Waals surface area contributed by atoms with E-state index in [9.17, 15) is 4.79 Å². The number of hydrogen-bond donors (Lipinski definition) is 0. The summed E-state index contributed by atoms with van der Waals surface area (Å²) < 4.78 is 16.6. The van der Waals surface area contributed by atoms with E-state index < -0.39 is 0 Å². The lowest BCUT2D eigenvalue weighted by Gasteiger charge is -2.14. The predicted octanol–water partition coefficient (Wildman–Crippen LogP) is 4.51. The Kier molecular flexibility index (Phi) is 6.03. The molecule has 2 aromatic carbocycles. The molecule has 140 valence electrons. The fraction of sp³-hybridized carbons (Fsp3) is 0.200. The van der Waals surface area contributed by atoms with Gasteiger partial charge in [-0.2, -0.15) is 0 Å². The van der Waals surface area contributed by atoms with Crippen LogP contribution in [0.3, 0.4) is 0 Å². The van der Waals surface area contributed by atoms with Gasteiger partial charge in [0.1, 0.15) is 5.75 Å². The topological polar surface area (TPSA) is 48.0 Å². The zero-order valence-electron chi connectivity index (χ0n) is 15.2. The minimum absolute atomic E-state index is 0.150. The Labute approximate surface area is 167 Å². The molecule has 1 heterocycles. The summed E-state index contributed by atoms with van der Waals surface area (Å²) in [4.78, 5) is 14.9. The van der Waals surface area contributed by atoms with Gasteiger partial charge in [-0.15, -0.1) is 0 Å². The molecule has 0 spiro atoms. The van der Waals surface area contributed by atoms with Crippen LogP contribution in [0.5, 0.6) is 17.2 Å². The van der Waals surface area contributed by atoms with Crippen molar-refractivity contribution in [2.45, 2.75) is 6.92 Å². The van der Waals surface area contributed by atoms with Crippen molar-refractivity contribution in [2.75, 3.05) is 25.7 Å². The summed E-state index contributed by atoms with van der Waals surface area (Å²) >= 11 is 6.68. The standard InChI is InChI=1S/C20H19NO4S2/c1-4-25-16-10-5-13(11-17(16)24-3)12-18-19(22)21(20(26)27-18)14-6-8-15(23-2)9-7-14/h5-12H,4H2,1-3H3. The number of benzene rings is 2. The number of carbonyl (C=O) groups is 1. The summed E-state index contributed by atoms with van der Waals surface area (Å²) in [5.74, 6) is 1.86. The van der Waals surface area contributed by atoms with Gasteiger partial charge in [0.2, 0.25) is 0 Å². The van der Waals surface area contributed by atoms with E-state index in [0.717, 1.165) is 11.3 Å². The van der Waals surface area contributed by atoms with Gasteiger partial charge in [-0.1, -0.05) is 30.0 Å². The molecule has 2 aromatic rings. The Morgan fingerprint density at radius 3 is 2.44 bits per heavy atom. The van der Waals surface area contributed by atoms with Crippen LogP contribution >= 0.6 is 24.0 Å². The molecule has 1 aliphatic rings. The molecular weight excluding hydrogens is 382 g/mol. The average Bonchev–Trinajstić information content (AvgIpc) is 2.96. The first kappa shape index (κ1) is 19.3. The Morgan fingerprint density at radius 2 is 1.81 bits per heavy atom. The number of rotatable bonds is 6. The maximum atomic E-state index is 12.9. The van der Waals surface area contributed by atoms with E-state index in [1.54, 1.807) is 32.4 Å². The van der Waals surface area contributed by atoms with Crippen molar-refractivity contribution in [3.05, 3.63) is 52.9 Å². The maximum absolute atomic E-state index is 12.9. The first-order chi connectivity index (χ1) is 13.1. The second-order valence-corrected chi connectivity index (χ2v) is 7.23. The zero-order chi connectivity index (χ0) is 19.4. The van der Waals surface area contributed by atoms with Crippen molar-refractivity contribution >= 4 is 46.0 Å². The fourth-order valence-corrected chi connectivity index (χ4v) is 3.92. The molecule has 0 radical (unpaired) electrons. The third-order valence-corrected chi connectivity index (χ3v) is 5.21. The highest BCUT2D eigenvalue weighted by molar-refractivity contribution is 8.27.